The van der Waals surface area contributed by atoms with E-state index in [1.807, 2.05) is 0 Å². The predicted molar refractivity (Wildman–Crippen MR) is 126 cm³/mol. The topological polar surface area (TPSA) is 88.2 Å². The fourth-order valence-electron chi connectivity index (χ4n) is 3.39. The number of nitrogens with one attached hydrogen (secondary N) is 1. The fourth-order valence-corrected chi connectivity index (χ4v) is 4.59. The largest absolute Gasteiger partial charge is 0.495 e. The van der Waals surface area contributed by atoms with Crippen LogP contribution in [0.1, 0.15) is 16.8 Å². The number of carbonyl (C=O) groups excluding carboxylic acids is 1. The lowest BCUT2D eigenvalue weighted by Crippen LogP contribution is -2.38. The molecule has 1 N–H and O–H groups in total. The number of ether oxygens (including phenoxy) is 2. The Morgan fingerprint density at radius 2 is 1.78 bits per heavy atom. The molecule has 10 heteroatoms. The number of carbonyl (C=O) groups is 1. The summed E-state index contributed by atoms with van der Waals surface area (Å²) in [4.78, 5) is 14.8. The first kappa shape index (κ1) is 25.9. The van der Waals surface area contributed by atoms with Crippen molar-refractivity contribution < 1.29 is 22.7 Å². The van der Waals surface area contributed by atoms with Crippen molar-refractivity contribution in [2.24, 2.45) is 0 Å². The SMILES string of the molecule is COc1ccccc1N(C)S(=O)(=O)c1ccc(C(=O)NCCCN2CCOCC2)cc1.Cl. The summed E-state index contributed by atoms with van der Waals surface area (Å²) < 4.78 is 37.8. The normalized spacial score (nSPS) is 14.3. The maximum absolute atomic E-state index is 13.0. The number of para-hydroxylation sites is 2. The van der Waals surface area contributed by atoms with Crippen LogP contribution in [0.15, 0.2) is 53.4 Å². The maximum Gasteiger partial charge on any atom is 0.264 e. The van der Waals surface area contributed by atoms with Crippen LogP contribution in [0.25, 0.3) is 0 Å². The van der Waals surface area contributed by atoms with Gasteiger partial charge in [-0.15, -0.1) is 12.4 Å². The molecule has 32 heavy (non-hydrogen) atoms. The number of rotatable bonds is 9. The molecule has 1 saturated heterocycles. The summed E-state index contributed by atoms with van der Waals surface area (Å²) in [6.45, 7) is 4.84. The van der Waals surface area contributed by atoms with Gasteiger partial charge in [0.2, 0.25) is 0 Å². The Hall–Kier alpha value is -2.33. The van der Waals surface area contributed by atoms with E-state index in [1.165, 1.54) is 42.7 Å². The van der Waals surface area contributed by atoms with Crippen molar-refractivity contribution in [1.82, 2.24) is 10.2 Å². The lowest BCUT2D eigenvalue weighted by molar-refractivity contribution is 0.0374. The van der Waals surface area contributed by atoms with E-state index in [0.717, 1.165) is 39.3 Å². The average molecular weight is 484 g/mol. The monoisotopic (exact) mass is 483 g/mol. The first-order valence-corrected chi connectivity index (χ1v) is 11.7. The van der Waals surface area contributed by atoms with Gasteiger partial charge in [-0.2, -0.15) is 0 Å². The van der Waals surface area contributed by atoms with E-state index in [0.29, 0.717) is 23.5 Å². The van der Waals surface area contributed by atoms with Crippen molar-refractivity contribution in [3.8, 4) is 5.75 Å². The van der Waals surface area contributed by atoms with Crippen molar-refractivity contribution in [2.45, 2.75) is 11.3 Å². The Morgan fingerprint density at radius 3 is 2.44 bits per heavy atom. The van der Waals surface area contributed by atoms with E-state index in [-0.39, 0.29) is 23.2 Å². The van der Waals surface area contributed by atoms with Crippen LogP contribution in [0.3, 0.4) is 0 Å². The number of morpholine rings is 1. The molecule has 8 nitrogen and oxygen atoms in total. The molecule has 2 aromatic rings. The zero-order valence-electron chi connectivity index (χ0n) is 18.3. The summed E-state index contributed by atoms with van der Waals surface area (Å²) in [6.07, 6.45) is 0.849. The van der Waals surface area contributed by atoms with Crippen molar-refractivity contribution in [1.29, 1.82) is 0 Å². The highest BCUT2D eigenvalue weighted by molar-refractivity contribution is 7.92. The Labute approximate surface area is 196 Å². The second-order valence-electron chi connectivity index (χ2n) is 7.23. The van der Waals surface area contributed by atoms with E-state index in [4.69, 9.17) is 9.47 Å². The minimum absolute atomic E-state index is 0. The zero-order chi connectivity index (χ0) is 22.3. The molecule has 0 atom stereocenters. The zero-order valence-corrected chi connectivity index (χ0v) is 20.0. The number of amides is 1. The minimum atomic E-state index is -3.79. The van der Waals surface area contributed by atoms with E-state index in [9.17, 15) is 13.2 Å². The summed E-state index contributed by atoms with van der Waals surface area (Å²) in [5.74, 6) is 0.241. The number of sulfonamides is 1. The summed E-state index contributed by atoms with van der Waals surface area (Å²) in [5, 5.41) is 2.89. The van der Waals surface area contributed by atoms with Crippen LogP contribution in [0.5, 0.6) is 5.75 Å². The number of anilines is 1. The van der Waals surface area contributed by atoms with Gasteiger partial charge in [-0.3, -0.25) is 14.0 Å². The molecule has 1 aliphatic heterocycles. The highest BCUT2D eigenvalue weighted by Crippen LogP contribution is 2.30. The van der Waals surface area contributed by atoms with Gasteiger partial charge < -0.3 is 14.8 Å². The highest BCUT2D eigenvalue weighted by Gasteiger charge is 2.24. The first-order valence-electron chi connectivity index (χ1n) is 10.2. The van der Waals surface area contributed by atoms with Crippen LogP contribution >= 0.6 is 12.4 Å². The first-order chi connectivity index (χ1) is 14.9. The molecule has 1 heterocycles. The Kier molecular flexibility index (Phi) is 9.77. The van der Waals surface area contributed by atoms with E-state index in [1.54, 1.807) is 24.3 Å². The smallest absolute Gasteiger partial charge is 0.264 e. The molecule has 0 radical (unpaired) electrons. The molecule has 1 amide bonds. The highest BCUT2D eigenvalue weighted by atomic mass is 35.5. The molecule has 0 unspecified atom stereocenters. The number of benzene rings is 2. The van der Waals surface area contributed by atoms with Crippen LogP contribution in [0.4, 0.5) is 5.69 Å². The summed E-state index contributed by atoms with van der Waals surface area (Å²) in [6, 6.07) is 12.9. The van der Waals surface area contributed by atoms with E-state index in [2.05, 4.69) is 10.2 Å². The molecule has 1 fully saturated rings. The molecular weight excluding hydrogens is 454 g/mol. The summed E-state index contributed by atoms with van der Waals surface area (Å²) >= 11 is 0. The lowest BCUT2D eigenvalue weighted by Gasteiger charge is -2.26. The third-order valence-corrected chi connectivity index (χ3v) is 7.03. The number of hydrogen-bond acceptors (Lipinski definition) is 6. The van der Waals surface area contributed by atoms with Gasteiger partial charge in [0.05, 0.1) is 30.9 Å². The van der Waals surface area contributed by atoms with Crippen LogP contribution in [-0.4, -0.2) is 72.8 Å². The Bertz CT molecular complexity index is 979. The molecule has 3 rings (SSSR count). The Balaban J connectivity index is 0.00000363. The van der Waals surface area contributed by atoms with Crippen molar-refractivity contribution in [3.63, 3.8) is 0 Å². The number of methoxy groups -OCH3 is 1. The standard InChI is InChI=1S/C22H29N3O5S.ClH/c1-24(20-6-3-4-7-21(20)29-2)31(27,28)19-10-8-18(9-11-19)22(26)23-12-5-13-25-14-16-30-17-15-25;/h3-4,6-11H,5,12-17H2,1-2H3,(H,23,26);1H. The van der Waals surface area contributed by atoms with Gasteiger partial charge in [-0.1, -0.05) is 12.1 Å². The quantitative estimate of drug-likeness (QED) is 0.551. The van der Waals surface area contributed by atoms with Crippen LogP contribution < -0.4 is 14.4 Å². The molecule has 1 aliphatic rings. The minimum Gasteiger partial charge on any atom is -0.495 e. The molecule has 2 aromatic carbocycles. The van der Waals surface area contributed by atoms with Crippen molar-refractivity contribution in [3.05, 3.63) is 54.1 Å². The van der Waals surface area contributed by atoms with Gasteiger partial charge in [-0.25, -0.2) is 8.42 Å². The average Bonchev–Trinajstić information content (AvgIpc) is 2.82. The summed E-state index contributed by atoms with van der Waals surface area (Å²) in [5.41, 5.74) is 0.859. The maximum atomic E-state index is 13.0. The molecule has 176 valence electrons. The van der Waals surface area contributed by atoms with Crippen LogP contribution in [-0.2, 0) is 14.8 Å². The number of nitrogens with zero attached hydrogens (tertiary/aromatic N) is 2. The number of halogens is 1. The second-order valence-corrected chi connectivity index (χ2v) is 9.20. The van der Waals surface area contributed by atoms with Gasteiger partial charge in [0.1, 0.15) is 5.75 Å². The van der Waals surface area contributed by atoms with Gasteiger partial charge in [0.25, 0.3) is 15.9 Å². The van der Waals surface area contributed by atoms with E-state index < -0.39 is 10.0 Å². The lowest BCUT2D eigenvalue weighted by atomic mass is 10.2. The molecular formula is C22H30ClN3O5S. The van der Waals surface area contributed by atoms with Crippen molar-refractivity contribution in [2.75, 3.05) is 57.9 Å². The third-order valence-electron chi connectivity index (χ3n) is 5.24. The summed E-state index contributed by atoms with van der Waals surface area (Å²) in [7, 11) is -0.826. The molecule has 0 aromatic heterocycles. The molecule has 0 aliphatic carbocycles. The predicted octanol–water partition coefficient (Wildman–Crippen LogP) is 2.39. The van der Waals surface area contributed by atoms with E-state index >= 15 is 0 Å². The second kappa shape index (κ2) is 12.1. The molecule has 0 spiro atoms. The van der Waals surface area contributed by atoms with Crippen LogP contribution in [0.2, 0.25) is 0 Å². The van der Waals surface area contributed by atoms with Gasteiger partial charge in [0, 0.05) is 32.2 Å². The Morgan fingerprint density at radius 1 is 1.12 bits per heavy atom. The molecule has 0 saturated carbocycles. The number of hydrogen-bond donors (Lipinski definition) is 1. The van der Waals surface area contributed by atoms with Gasteiger partial charge >= 0.3 is 0 Å². The van der Waals surface area contributed by atoms with Crippen LogP contribution in [0, 0.1) is 0 Å². The third kappa shape index (κ3) is 6.35. The van der Waals surface area contributed by atoms with Crippen molar-refractivity contribution >= 4 is 34.0 Å². The molecule has 0 bridgehead atoms. The van der Waals surface area contributed by atoms with Gasteiger partial charge in [-0.05, 0) is 49.4 Å². The fraction of sp³-hybridized carbons (Fsp3) is 0.409. The van der Waals surface area contributed by atoms with Gasteiger partial charge in [0.15, 0.2) is 0 Å².